The Bertz CT molecular complexity index is 810. The van der Waals surface area contributed by atoms with Crippen molar-refractivity contribution in [1.82, 2.24) is 9.47 Å². The van der Waals surface area contributed by atoms with Crippen molar-refractivity contribution in [2.75, 3.05) is 19.6 Å². The molecule has 1 aliphatic rings. The van der Waals surface area contributed by atoms with Gasteiger partial charge in [-0.25, -0.2) is 4.39 Å². The van der Waals surface area contributed by atoms with Crippen LogP contribution in [-0.2, 0) is 6.54 Å². The van der Waals surface area contributed by atoms with Gasteiger partial charge in [-0.1, -0.05) is 6.07 Å². The molecule has 2 aromatic rings. The summed E-state index contributed by atoms with van der Waals surface area (Å²) in [7, 11) is 0. The van der Waals surface area contributed by atoms with Crippen molar-refractivity contribution in [3.05, 3.63) is 46.2 Å². The number of nitrogens with two attached hydrogens (primary N) is 1. The molecule has 2 atom stereocenters. The molecule has 2 heterocycles. The molecule has 0 bridgehead atoms. The average molecular weight is 314 g/mol. The van der Waals surface area contributed by atoms with Crippen LogP contribution in [0.3, 0.4) is 0 Å². The Morgan fingerprint density at radius 2 is 2.09 bits per heavy atom. The number of nitriles is 1. The highest BCUT2D eigenvalue weighted by atomic mass is 19.1. The van der Waals surface area contributed by atoms with Crippen LogP contribution in [0, 0.1) is 11.3 Å². The molecule has 0 spiro atoms. The van der Waals surface area contributed by atoms with E-state index in [1.807, 2.05) is 11.0 Å². The van der Waals surface area contributed by atoms with Gasteiger partial charge in [-0.2, -0.15) is 5.26 Å². The van der Waals surface area contributed by atoms with Gasteiger partial charge in [0, 0.05) is 31.7 Å². The monoisotopic (exact) mass is 314 g/mol. The SMILES string of the molecule is N#Cc1ccc2ccc(=O)n(CCN3CC[C@H](N)[C@H](F)C3)c2c1. The summed E-state index contributed by atoms with van der Waals surface area (Å²) in [6.07, 6.45) is -0.386. The minimum absolute atomic E-state index is 0.113. The lowest BCUT2D eigenvalue weighted by Gasteiger charge is -2.32. The zero-order valence-corrected chi connectivity index (χ0v) is 12.8. The predicted molar refractivity (Wildman–Crippen MR) is 86.9 cm³/mol. The Kier molecular flexibility index (Phi) is 4.42. The first-order chi connectivity index (χ1) is 11.1. The van der Waals surface area contributed by atoms with Gasteiger partial charge in [-0.3, -0.25) is 9.69 Å². The molecule has 1 aliphatic heterocycles. The van der Waals surface area contributed by atoms with Gasteiger partial charge in [0.15, 0.2) is 0 Å². The summed E-state index contributed by atoms with van der Waals surface area (Å²) in [6, 6.07) is 10.3. The van der Waals surface area contributed by atoms with Gasteiger partial charge < -0.3 is 10.3 Å². The van der Waals surface area contributed by atoms with E-state index >= 15 is 0 Å². The van der Waals surface area contributed by atoms with Crippen LogP contribution in [0.2, 0.25) is 0 Å². The number of piperidine rings is 1. The van der Waals surface area contributed by atoms with E-state index in [1.165, 1.54) is 6.07 Å². The van der Waals surface area contributed by atoms with E-state index in [9.17, 15) is 9.18 Å². The number of benzene rings is 1. The molecular weight excluding hydrogens is 295 g/mol. The molecule has 1 aromatic heterocycles. The number of aromatic nitrogens is 1. The van der Waals surface area contributed by atoms with Crippen molar-refractivity contribution in [3.8, 4) is 6.07 Å². The Hall–Kier alpha value is -2.23. The quantitative estimate of drug-likeness (QED) is 0.925. The Morgan fingerprint density at radius 3 is 2.83 bits per heavy atom. The highest BCUT2D eigenvalue weighted by molar-refractivity contribution is 5.80. The molecule has 0 unspecified atom stereocenters. The van der Waals surface area contributed by atoms with Gasteiger partial charge >= 0.3 is 0 Å². The summed E-state index contributed by atoms with van der Waals surface area (Å²) in [5.74, 6) is 0. The van der Waals surface area contributed by atoms with E-state index in [2.05, 4.69) is 6.07 Å². The van der Waals surface area contributed by atoms with Crippen molar-refractivity contribution in [1.29, 1.82) is 5.26 Å². The Labute approximate surface area is 133 Å². The van der Waals surface area contributed by atoms with E-state index < -0.39 is 6.17 Å². The fraction of sp³-hybridized carbons (Fsp3) is 0.412. The summed E-state index contributed by atoms with van der Waals surface area (Å²) in [4.78, 5) is 14.2. The number of fused-ring (bicyclic) bond motifs is 1. The molecule has 1 aromatic carbocycles. The maximum atomic E-state index is 13.7. The molecule has 1 saturated heterocycles. The second kappa shape index (κ2) is 6.49. The third kappa shape index (κ3) is 3.26. The smallest absolute Gasteiger partial charge is 0.251 e. The van der Waals surface area contributed by atoms with Crippen LogP contribution in [0.1, 0.15) is 12.0 Å². The summed E-state index contributed by atoms with van der Waals surface area (Å²) < 4.78 is 15.4. The fourth-order valence-electron chi connectivity index (χ4n) is 3.02. The molecule has 120 valence electrons. The second-order valence-electron chi connectivity index (χ2n) is 5.98. The standard InChI is InChI=1S/C17H19FN4O/c18-14-11-21(6-5-15(14)20)7-8-22-16-9-12(10-19)1-2-13(16)3-4-17(22)23/h1-4,9,14-15H,5-8,11,20H2/t14-,15+/m1/s1. The molecule has 5 nitrogen and oxygen atoms in total. The van der Waals surface area contributed by atoms with Crippen molar-refractivity contribution in [3.63, 3.8) is 0 Å². The summed E-state index contributed by atoms with van der Waals surface area (Å²) in [5, 5.41) is 9.96. The lowest BCUT2D eigenvalue weighted by atomic mass is 10.0. The van der Waals surface area contributed by atoms with Crippen LogP contribution in [0.25, 0.3) is 10.9 Å². The van der Waals surface area contributed by atoms with Gasteiger partial charge in [-0.15, -0.1) is 0 Å². The maximum Gasteiger partial charge on any atom is 0.251 e. The third-order valence-corrected chi connectivity index (χ3v) is 4.44. The van der Waals surface area contributed by atoms with Crippen LogP contribution in [0.15, 0.2) is 35.1 Å². The van der Waals surface area contributed by atoms with E-state index in [-0.39, 0.29) is 11.6 Å². The molecule has 0 aliphatic carbocycles. The summed E-state index contributed by atoms with van der Waals surface area (Å²) >= 11 is 0. The first-order valence-electron chi connectivity index (χ1n) is 7.74. The van der Waals surface area contributed by atoms with Crippen molar-refractivity contribution < 1.29 is 4.39 Å². The van der Waals surface area contributed by atoms with E-state index in [0.717, 1.165) is 17.4 Å². The van der Waals surface area contributed by atoms with Gasteiger partial charge in [-0.05, 0) is 36.6 Å². The van der Waals surface area contributed by atoms with E-state index in [4.69, 9.17) is 11.0 Å². The normalized spacial score (nSPS) is 22.1. The Morgan fingerprint density at radius 1 is 1.30 bits per heavy atom. The van der Waals surface area contributed by atoms with Crippen LogP contribution < -0.4 is 11.3 Å². The average Bonchev–Trinajstić information content (AvgIpc) is 2.56. The second-order valence-corrected chi connectivity index (χ2v) is 5.98. The lowest BCUT2D eigenvalue weighted by Crippen LogP contribution is -2.49. The predicted octanol–water partition coefficient (Wildman–Crippen LogP) is 1.24. The van der Waals surface area contributed by atoms with Crippen molar-refractivity contribution >= 4 is 10.9 Å². The molecular formula is C17H19FN4O. The molecule has 6 heteroatoms. The number of rotatable bonds is 3. The van der Waals surface area contributed by atoms with Crippen LogP contribution >= 0.6 is 0 Å². The van der Waals surface area contributed by atoms with Gasteiger partial charge in [0.05, 0.1) is 17.1 Å². The number of nitrogens with zero attached hydrogens (tertiary/aromatic N) is 3. The molecule has 0 amide bonds. The molecule has 1 fully saturated rings. The summed E-state index contributed by atoms with van der Waals surface area (Å²) in [6.45, 7) is 2.10. The first-order valence-corrected chi connectivity index (χ1v) is 7.74. The highest BCUT2D eigenvalue weighted by Crippen LogP contribution is 2.15. The summed E-state index contributed by atoms with van der Waals surface area (Å²) in [5.41, 5.74) is 6.83. The highest BCUT2D eigenvalue weighted by Gasteiger charge is 2.25. The van der Waals surface area contributed by atoms with Gasteiger partial charge in [0.2, 0.25) is 0 Å². The van der Waals surface area contributed by atoms with Crippen molar-refractivity contribution in [2.24, 2.45) is 5.73 Å². The zero-order chi connectivity index (χ0) is 16.4. The van der Waals surface area contributed by atoms with E-state index in [1.54, 1.807) is 22.8 Å². The zero-order valence-electron chi connectivity index (χ0n) is 12.8. The molecule has 0 radical (unpaired) electrons. The van der Waals surface area contributed by atoms with Gasteiger partial charge in [0.25, 0.3) is 5.56 Å². The largest absolute Gasteiger partial charge is 0.325 e. The minimum atomic E-state index is -1.02. The van der Waals surface area contributed by atoms with Crippen LogP contribution in [0.4, 0.5) is 4.39 Å². The number of alkyl halides is 1. The van der Waals surface area contributed by atoms with Gasteiger partial charge in [0.1, 0.15) is 6.17 Å². The van der Waals surface area contributed by atoms with Crippen molar-refractivity contribution in [2.45, 2.75) is 25.2 Å². The first kappa shape index (κ1) is 15.7. The lowest BCUT2D eigenvalue weighted by molar-refractivity contribution is 0.116. The van der Waals surface area contributed by atoms with E-state index in [0.29, 0.717) is 31.6 Å². The van der Waals surface area contributed by atoms with Crippen LogP contribution in [0.5, 0.6) is 0 Å². The number of likely N-dealkylation sites (tertiary alicyclic amines) is 1. The third-order valence-electron chi connectivity index (χ3n) is 4.44. The molecule has 0 saturated carbocycles. The topological polar surface area (TPSA) is 75.0 Å². The minimum Gasteiger partial charge on any atom is -0.325 e. The molecule has 23 heavy (non-hydrogen) atoms. The molecule has 2 N–H and O–H groups in total. The number of halogens is 1. The van der Waals surface area contributed by atoms with Crippen LogP contribution in [-0.4, -0.2) is 41.3 Å². The number of hydrogen-bond donors (Lipinski definition) is 1. The Balaban J connectivity index is 1.83. The fourth-order valence-corrected chi connectivity index (χ4v) is 3.02. The maximum absolute atomic E-state index is 13.7. The number of pyridine rings is 1. The number of hydrogen-bond acceptors (Lipinski definition) is 4. The molecule has 3 rings (SSSR count).